The van der Waals surface area contributed by atoms with Gasteiger partial charge in [0.1, 0.15) is 18.5 Å². The van der Waals surface area contributed by atoms with E-state index in [2.05, 4.69) is 32.7 Å². The predicted molar refractivity (Wildman–Crippen MR) is 135 cm³/mol. The number of hydrogen-bond donors (Lipinski definition) is 2. The molecule has 0 spiro atoms. The third-order valence-corrected chi connectivity index (χ3v) is 5.69. The Morgan fingerprint density at radius 3 is 2.78 bits per heavy atom. The van der Waals surface area contributed by atoms with Crippen LogP contribution < -0.4 is 15.4 Å². The van der Waals surface area contributed by atoms with Crippen LogP contribution in [0, 0.1) is 12.7 Å². The van der Waals surface area contributed by atoms with Crippen molar-refractivity contribution in [3.63, 3.8) is 0 Å². The van der Waals surface area contributed by atoms with E-state index in [0.29, 0.717) is 25.1 Å². The van der Waals surface area contributed by atoms with Crippen molar-refractivity contribution in [2.45, 2.75) is 52.3 Å². The number of ether oxygens (including phenoxy) is 1. The summed E-state index contributed by atoms with van der Waals surface area (Å²) < 4.78 is 21.5. The van der Waals surface area contributed by atoms with Gasteiger partial charge in [0.05, 0.1) is 6.54 Å². The van der Waals surface area contributed by atoms with E-state index in [-0.39, 0.29) is 41.6 Å². The number of aliphatic imine (C=N–C) groups is 1. The van der Waals surface area contributed by atoms with Gasteiger partial charge in [0, 0.05) is 19.6 Å². The summed E-state index contributed by atoms with van der Waals surface area (Å²) in [6.07, 6.45) is 2.18. The van der Waals surface area contributed by atoms with Crippen LogP contribution in [-0.4, -0.2) is 63.9 Å². The Bertz CT molecular complexity index is 876. The summed E-state index contributed by atoms with van der Waals surface area (Å²) in [7, 11) is 1.93. The second-order valence-electron chi connectivity index (χ2n) is 7.93. The number of hydrogen-bond acceptors (Lipinski definition) is 5. The molecule has 1 aromatic heterocycles. The second-order valence-corrected chi connectivity index (χ2v) is 7.93. The molecule has 0 radical (unpaired) electrons. The zero-order chi connectivity index (χ0) is 22.2. The molecule has 0 aliphatic carbocycles. The SMILES string of the molecule is CCN1CCCC1CNC(=NCc1nnc(C)n1C)NCC(C)Oc1ccccc1F.I. The van der Waals surface area contributed by atoms with Crippen molar-refractivity contribution in [2.24, 2.45) is 12.0 Å². The molecule has 0 amide bonds. The molecule has 2 heterocycles. The van der Waals surface area contributed by atoms with E-state index < -0.39 is 0 Å². The summed E-state index contributed by atoms with van der Waals surface area (Å²) in [6, 6.07) is 6.94. The van der Waals surface area contributed by atoms with Crippen LogP contribution in [0.2, 0.25) is 0 Å². The zero-order valence-corrected chi connectivity index (χ0v) is 21.7. The average Bonchev–Trinajstić information content (AvgIpc) is 3.35. The summed E-state index contributed by atoms with van der Waals surface area (Å²) in [5.41, 5.74) is 0. The van der Waals surface area contributed by atoms with Crippen LogP contribution in [0.25, 0.3) is 0 Å². The molecule has 1 saturated heterocycles. The van der Waals surface area contributed by atoms with Crippen LogP contribution in [0.5, 0.6) is 5.75 Å². The number of nitrogens with zero attached hydrogens (tertiary/aromatic N) is 5. The van der Waals surface area contributed by atoms with Crippen LogP contribution in [0.1, 0.15) is 38.3 Å². The zero-order valence-electron chi connectivity index (χ0n) is 19.3. The van der Waals surface area contributed by atoms with E-state index in [4.69, 9.17) is 9.73 Å². The van der Waals surface area contributed by atoms with Crippen LogP contribution in [0.15, 0.2) is 29.3 Å². The Labute approximate surface area is 207 Å². The molecule has 2 unspecified atom stereocenters. The molecule has 2 N–H and O–H groups in total. The largest absolute Gasteiger partial charge is 0.486 e. The fourth-order valence-electron chi connectivity index (χ4n) is 3.71. The van der Waals surface area contributed by atoms with E-state index in [1.165, 1.54) is 18.9 Å². The number of benzene rings is 1. The molecule has 0 saturated carbocycles. The van der Waals surface area contributed by atoms with Gasteiger partial charge in [-0.25, -0.2) is 9.38 Å². The maximum Gasteiger partial charge on any atom is 0.191 e. The maximum atomic E-state index is 13.9. The van der Waals surface area contributed by atoms with Crippen molar-refractivity contribution >= 4 is 29.9 Å². The van der Waals surface area contributed by atoms with Gasteiger partial charge in [-0.1, -0.05) is 19.1 Å². The molecule has 3 rings (SSSR count). The number of halogens is 2. The van der Waals surface area contributed by atoms with Gasteiger partial charge >= 0.3 is 0 Å². The molecule has 8 nitrogen and oxygen atoms in total. The summed E-state index contributed by atoms with van der Waals surface area (Å²) in [5.74, 6) is 2.23. The van der Waals surface area contributed by atoms with Crippen molar-refractivity contribution in [2.75, 3.05) is 26.2 Å². The van der Waals surface area contributed by atoms with E-state index in [1.807, 2.05) is 25.5 Å². The number of aryl methyl sites for hydroxylation is 1. The van der Waals surface area contributed by atoms with Gasteiger partial charge in [-0.15, -0.1) is 34.2 Å². The quantitative estimate of drug-likeness (QED) is 0.280. The Morgan fingerprint density at radius 1 is 1.31 bits per heavy atom. The Morgan fingerprint density at radius 2 is 2.09 bits per heavy atom. The van der Waals surface area contributed by atoms with Gasteiger partial charge < -0.3 is 19.9 Å². The van der Waals surface area contributed by atoms with Crippen LogP contribution >= 0.6 is 24.0 Å². The lowest BCUT2D eigenvalue weighted by molar-refractivity contribution is 0.213. The molecule has 1 aromatic carbocycles. The first-order chi connectivity index (χ1) is 15.0. The third-order valence-electron chi connectivity index (χ3n) is 5.69. The lowest BCUT2D eigenvalue weighted by Crippen LogP contribution is -2.46. The molecule has 0 bridgehead atoms. The first-order valence-corrected chi connectivity index (χ1v) is 11.0. The van der Waals surface area contributed by atoms with Crippen molar-refractivity contribution in [1.82, 2.24) is 30.3 Å². The molecule has 10 heteroatoms. The minimum atomic E-state index is -0.361. The Balaban J connectivity index is 0.00000363. The van der Waals surface area contributed by atoms with Gasteiger partial charge in [0.25, 0.3) is 0 Å². The highest BCUT2D eigenvalue weighted by molar-refractivity contribution is 14.0. The van der Waals surface area contributed by atoms with Gasteiger partial charge in [-0.05, 0) is 51.9 Å². The smallest absolute Gasteiger partial charge is 0.191 e. The molecule has 32 heavy (non-hydrogen) atoms. The van der Waals surface area contributed by atoms with E-state index >= 15 is 0 Å². The Kier molecular flexibility index (Phi) is 10.6. The van der Waals surface area contributed by atoms with Crippen molar-refractivity contribution < 1.29 is 9.13 Å². The maximum absolute atomic E-state index is 13.9. The highest BCUT2D eigenvalue weighted by atomic mass is 127. The fourth-order valence-corrected chi connectivity index (χ4v) is 3.71. The van der Waals surface area contributed by atoms with Crippen LogP contribution in [-0.2, 0) is 13.6 Å². The summed E-state index contributed by atoms with van der Waals surface area (Å²) >= 11 is 0. The Hall–Kier alpha value is -1.95. The summed E-state index contributed by atoms with van der Waals surface area (Å²) in [4.78, 5) is 7.19. The fraction of sp³-hybridized carbons (Fsp3) is 0.591. The third kappa shape index (κ3) is 7.29. The number of likely N-dealkylation sites (N-methyl/N-ethyl adjacent to an activating group) is 1. The van der Waals surface area contributed by atoms with E-state index in [1.54, 1.807) is 18.2 Å². The summed E-state index contributed by atoms with van der Waals surface area (Å²) in [6.45, 7) is 9.94. The summed E-state index contributed by atoms with van der Waals surface area (Å²) in [5, 5.41) is 15.1. The molecule has 178 valence electrons. The van der Waals surface area contributed by atoms with Crippen molar-refractivity contribution in [3.05, 3.63) is 41.7 Å². The standard InChI is InChI=1S/C22H34FN7O.HI/c1-5-30-12-8-9-18(30)14-25-22(26-15-21-28-27-17(3)29(21)4)24-13-16(2)31-20-11-7-6-10-19(20)23;/h6-7,10-11,16,18H,5,8-9,12-15H2,1-4H3,(H2,24,25,26);1H. The van der Waals surface area contributed by atoms with Crippen LogP contribution in [0.4, 0.5) is 4.39 Å². The lowest BCUT2D eigenvalue weighted by Gasteiger charge is -2.24. The first-order valence-electron chi connectivity index (χ1n) is 11.0. The van der Waals surface area contributed by atoms with Gasteiger partial charge in [0.15, 0.2) is 23.4 Å². The molecular weight excluding hydrogens is 524 g/mol. The van der Waals surface area contributed by atoms with Gasteiger partial charge in [-0.2, -0.15) is 0 Å². The molecule has 2 atom stereocenters. The lowest BCUT2D eigenvalue weighted by atomic mass is 10.2. The number of aromatic nitrogens is 3. The minimum absolute atomic E-state index is 0. The first kappa shape index (κ1) is 26.3. The number of likely N-dealkylation sites (tertiary alicyclic amines) is 1. The second kappa shape index (κ2) is 12.9. The topological polar surface area (TPSA) is 79.6 Å². The molecule has 1 aliphatic rings. The number of para-hydroxylation sites is 1. The minimum Gasteiger partial charge on any atom is -0.486 e. The van der Waals surface area contributed by atoms with Crippen molar-refractivity contribution in [3.8, 4) is 5.75 Å². The van der Waals surface area contributed by atoms with Crippen LogP contribution in [0.3, 0.4) is 0 Å². The van der Waals surface area contributed by atoms with Gasteiger partial charge in [0.2, 0.25) is 0 Å². The molecule has 2 aromatic rings. The van der Waals surface area contributed by atoms with E-state index in [0.717, 1.165) is 31.3 Å². The normalized spacial score (nSPS) is 17.7. The van der Waals surface area contributed by atoms with Crippen molar-refractivity contribution in [1.29, 1.82) is 0 Å². The average molecular weight is 559 g/mol. The number of rotatable bonds is 9. The predicted octanol–water partition coefficient (Wildman–Crippen LogP) is 2.87. The van der Waals surface area contributed by atoms with E-state index in [9.17, 15) is 4.39 Å². The molecule has 1 aliphatic heterocycles. The highest BCUT2D eigenvalue weighted by Crippen LogP contribution is 2.17. The monoisotopic (exact) mass is 559 g/mol. The van der Waals surface area contributed by atoms with Gasteiger partial charge in [-0.3, -0.25) is 4.90 Å². The molecule has 1 fully saturated rings. The highest BCUT2D eigenvalue weighted by Gasteiger charge is 2.23. The number of nitrogens with one attached hydrogen (secondary N) is 2. The number of guanidine groups is 1. The molecular formula is C22H35FIN7O.